The number of piperazine rings is 1. The van der Waals surface area contributed by atoms with E-state index in [1.54, 1.807) is 12.1 Å². The number of benzene rings is 1. The maximum absolute atomic E-state index is 10.9. The standard InChI is InChI=1S/C13H13BrN4O2/c14-10-8-11-9(7-12(10)18(19)20)1-2-13(16-11)17-5-3-15-4-6-17/h1-2,7-8,15H,3-6H2. The molecule has 0 aliphatic carbocycles. The van der Waals surface area contributed by atoms with Crippen LogP contribution >= 0.6 is 15.9 Å². The minimum Gasteiger partial charge on any atom is -0.354 e. The van der Waals surface area contributed by atoms with Gasteiger partial charge in [-0.25, -0.2) is 4.98 Å². The second-order valence-electron chi connectivity index (χ2n) is 4.66. The quantitative estimate of drug-likeness (QED) is 0.673. The van der Waals surface area contributed by atoms with Crippen molar-refractivity contribution >= 4 is 38.3 Å². The molecule has 2 heterocycles. The average Bonchev–Trinajstić information content (AvgIpc) is 2.46. The fraction of sp³-hybridized carbons (Fsp3) is 0.308. The first-order valence-electron chi connectivity index (χ1n) is 6.35. The summed E-state index contributed by atoms with van der Waals surface area (Å²) in [6, 6.07) is 7.07. The molecule has 1 N–H and O–H groups in total. The van der Waals surface area contributed by atoms with Crippen LogP contribution in [0.2, 0.25) is 0 Å². The number of pyridine rings is 1. The lowest BCUT2D eigenvalue weighted by molar-refractivity contribution is -0.385. The molecular weight excluding hydrogens is 324 g/mol. The number of nitrogens with zero attached hydrogens (tertiary/aromatic N) is 3. The van der Waals surface area contributed by atoms with Crippen molar-refractivity contribution in [1.82, 2.24) is 10.3 Å². The molecule has 7 heteroatoms. The molecule has 0 saturated carbocycles. The van der Waals surface area contributed by atoms with Gasteiger partial charge in [0.05, 0.1) is 14.9 Å². The molecule has 1 aromatic carbocycles. The Morgan fingerprint density at radius 3 is 2.75 bits per heavy atom. The number of hydrogen-bond acceptors (Lipinski definition) is 5. The Morgan fingerprint density at radius 1 is 1.30 bits per heavy atom. The molecule has 0 amide bonds. The van der Waals surface area contributed by atoms with Gasteiger partial charge in [-0.2, -0.15) is 0 Å². The predicted molar refractivity (Wildman–Crippen MR) is 81.2 cm³/mol. The Morgan fingerprint density at radius 2 is 2.05 bits per heavy atom. The van der Waals surface area contributed by atoms with Crippen molar-refractivity contribution in [1.29, 1.82) is 0 Å². The highest BCUT2D eigenvalue weighted by atomic mass is 79.9. The van der Waals surface area contributed by atoms with Crippen LogP contribution in [-0.2, 0) is 0 Å². The Balaban J connectivity index is 2.03. The number of anilines is 1. The van der Waals surface area contributed by atoms with Crippen LogP contribution in [0.15, 0.2) is 28.7 Å². The lowest BCUT2D eigenvalue weighted by atomic mass is 10.2. The van der Waals surface area contributed by atoms with Gasteiger partial charge >= 0.3 is 0 Å². The molecule has 0 bridgehead atoms. The SMILES string of the molecule is O=[N+]([O-])c1cc2ccc(N3CCNCC3)nc2cc1Br. The summed E-state index contributed by atoms with van der Waals surface area (Å²) in [4.78, 5) is 17.3. The van der Waals surface area contributed by atoms with Gasteiger partial charge in [0, 0.05) is 37.6 Å². The summed E-state index contributed by atoms with van der Waals surface area (Å²) in [5.41, 5.74) is 0.827. The number of fused-ring (bicyclic) bond motifs is 1. The van der Waals surface area contributed by atoms with Crippen LogP contribution in [0.4, 0.5) is 11.5 Å². The predicted octanol–water partition coefficient (Wildman–Crippen LogP) is 2.32. The molecule has 0 atom stereocenters. The van der Waals surface area contributed by atoms with E-state index in [9.17, 15) is 10.1 Å². The maximum atomic E-state index is 10.9. The molecule has 1 fully saturated rings. The minimum atomic E-state index is -0.395. The van der Waals surface area contributed by atoms with Crippen LogP contribution < -0.4 is 10.2 Å². The van der Waals surface area contributed by atoms with Crippen LogP contribution in [-0.4, -0.2) is 36.1 Å². The zero-order chi connectivity index (χ0) is 14.1. The molecule has 104 valence electrons. The number of nitro benzene ring substituents is 1. The van der Waals surface area contributed by atoms with Crippen molar-refractivity contribution < 1.29 is 4.92 Å². The molecule has 0 spiro atoms. The molecule has 1 saturated heterocycles. The fourth-order valence-corrected chi connectivity index (χ4v) is 2.81. The molecule has 1 aliphatic rings. The van der Waals surface area contributed by atoms with E-state index in [1.807, 2.05) is 12.1 Å². The largest absolute Gasteiger partial charge is 0.354 e. The average molecular weight is 337 g/mol. The van der Waals surface area contributed by atoms with E-state index < -0.39 is 4.92 Å². The first-order chi connectivity index (χ1) is 9.65. The van der Waals surface area contributed by atoms with Crippen molar-refractivity contribution in [2.75, 3.05) is 31.1 Å². The van der Waals surface area contributed by atoms with Gasteiger partial charge in [0.15, 0.2) is 0 Å². The molecule has 20 heavy (non-hydrogen) atoms. The molecule has 0 radical (unpaired) electrons. The van der Waals surface area contributed by atoms with Crippen LogP contribution in [0.5, 0.6) is 0 Å². The van der Waals surface area contributed by atoms with Crippen molar-refractivity contribution in [3.8, 4) is 0 Å². The molecular formula is C13H13BrN4O2. The van der Waals surface area contributed by atoms with E-state index in [0.717, 1.165) is 42.9 Å². The second kappa shape index (κ2) is 5.34. The van der Waals surface area contributed by atoms with Crippen LogP contribution in [0.3, 0.4) is 0 Å². The Kier molecular flexibility index (Phi) is 3.54. The molecule has 3 rings (SSSR count). The minimum absolute atomic E-state index is 0.0641. The highest BCUT2D eigenvalue weighted by Crippen LogP contribution is 2.30. The number of hydrogen-bond donors (Lipinski definition) is 1. The number of aromatic nitrogens is 1. The summed E-state index contributed by atoms with van der Waals surface area (Å²) in [6.45, 7) is 3.74. The van der Waals surface area contributed by atoms with Gasteiger partial charge in [-0.3, -0.25) is 10.1 Å². The summed E-state index contributed by atoms with van der Waals surface area (Å²) < 4.78 is 0.458. The van der Waals surface area contributed by atoms with Crippen molar-refractivity contribution in [3.63, 3.8) is 0 Å². The van der Waals surface area contributed by atoms with E-state index in [4.69, 9.17) is 0 Å². The van der Waals surface area contributed by atoms with Crippen LogP contribution in [0.1, 0.15) is 0 Å². The zero-order valence-electron chi connectivity index (χ0n) is 10.7. The monoisotopic (exact) mass is 336 g/mol. The number of nitro groups is 1. The van der Waals surface area contributed by atoms with Gasteiger partial charge in [-0.05, 0) is 34.1 Å². The maximum Gasteiger partial charge on any atom is 0.284 e. The fourth-order valence-electron chi connectivity index (χ4n) is 2.33. The summed E-state index contributed by atoms with van der Waals surface area (Å²) in [5, 5.41) is 15.0. The van der Waals surface area contributed by atoms with Crippen molar-refractivity contribution in [2.24, 2.45) is 0 Å². The number of nitrogens with one attached hydrogen (secondary N) is 1. The van der Waals surface area contributed by atoms with Gasteiger partial charge in [0.25, 0.3) is 5.69 Å². The first-order valence-corrected chi connectivity index (χ1v) is 7.15. The highest BCUT2D eigenvalue weighted by molar-refractivity contribution is 9.10. The summed E-state index contributed by atoms with van der Waals surface area (Å²) in [7, 11) is 0. The molecule has 1 aromatic heterocycles. The summed E-state index contributed by atoms with van der Waals surface area (Å²) in [5.74, 6) is 0.916. The summed E-state index contributed by atoms with van der Waals surface area (Å²) >= 11 is 3.23. The van der Waals surface area contributed by atoms with Gasteiger partial charge in [-0.1, -0.05) is 0 Å². The third-order valence-electron chi connectivity index (χ3n) is 3.38. The Labute approximate surface area is 124 Å². The van der Waals surface area contributed by atoms with E-state index in [-0.39, 0.29) is 5.69 Å². The van der Waals surface area contributed by atoms with E-state index in [1.165, 1.54) is 0 Å². The zero-order valence-corrected chi connectivity index (χ0v) is 12.3. The molecule has 6 nitrogen and oxygen atoms in total. The van der Waals surface area contributed by atoms with Gasteiger partial charge in [0.2, 0.25) is 0 Å². The molecule has 2 aromatic rings. The van der Waals surface area contributed by atoms with Crippen LogP contribution in [0, 0.1) is 10.1 Å². The number of rotatable bonds is 2. The lowest BCUT2D eigenvalue weighted by Crippen LogP contribution is -2.43. The second-order valence-corrected chi connectivity index (χ2v) is 5.51. The van der Waals surface area contributed by atoms with E-state index >= 15 is 0 Å². The third-order valence-corrected chi connectivity index (χ3v) is 4.02. The highest BCUT2D eigenvalue weighted by Gasteiger charge is 2.16. The molecule has 1 aliphatic heterocycles. The van der Waals surface area contributed by atoms with Crippen molar-refractivity contribution in [3.05, 3.63) is 38.9 Å². The van der Waals surface area contributed by atoms with Crippen LogP contribution in [0.25, 0.3) is 10.9 Å². The third kappa shape index (κ3) is 2.46. The first kappa shape index (κ1) is 13.3. The van der Waals surface area contributed by atoms with Gasteiger partial charge in [-0.15, -0.1) is 0 Å². The van der Waals surface area contributed by atoms with Gasteiger partial charge in [0.1, 0.15) is 5.82 Å². The Hall–Kier alpha value is -1.73. The van der Waals surface area contributed by atoms with Gasteiger partial charge < -0.3 is 10.2 Å². The van der Waals surface area contributed by atoms with E-state index in [2.05, 4.69) is 31.1 Å². The normalized spacial score (nSPS) is 15.6. The Bertz CT molecular complexity index is 671. The smallest absolute Gasteiger partial charge is 0.284 e. The molecule has 0 unspecified atom stereocenters. The summed E-state index contributed by atoms with van der Waals surface area (Å²) in [6.07, 6.45) is 0. The van der Waals surface area contributed by atoms with Crippen molar-refractivity contribution in [2.45, 2.75) is 0 Å². The lowest BCUT2D eigenvalue weighted by Gasteiger charge is -2.28. The number of halogens is 1. The topological polar surface area (TPSA) is 71.3 Å². The van der Waals surface area contributed by atoms with E-state index in [0.29, 0.717) is 4.47 Å².